The highest BCUT2D eigenvalue weighted by atomic mass is 16.6. The Kier molecular flexibility index (Phi) is 7.37. The SMILES string of the molecule is CC.CC(C)(CO)C(=O)OCC1CCC(n2ccc(N)nc2=O)O1. The molecule has 2 heterocycles. The molecule has 8 nitrogen and oxygen atoms in total. The Bertz CT molecular complexity index is 600. The molecule has 3 N–H and O–H groups in total. The summed E-state index contributed by atoms with van der Waals surface area (Å²) in [5.41, 5.74) is 4.04. The molecule has 136 valence electrons. The van der Waals surface area contributed by atoms with Crippen molar-refractivity contribution in [3.05, 3.63) is 22.7 Å². The number of nitrogens with zero attached hydrogens (tertiary/aromatic N) is 2. The molecule has 2 unspecified atom stereocenters. The zero-order valence-electron chi connectivity index (χ0n) is 14.7. The van der Waals surface area contributed by atoms with Gasteiger partial charge in [0.15, 0.2) is 0 Å². The van der Waals surface area contributed by atoms with E-state index in [0.717, 1.165) is 0 Å². The van der Waals surface area contributed by atoms with Crippen LogP contribution in [0.25, 0.3) is 0 Å². The number of aliphatic hydroxyl groups excluding tert-OH is 1. The second-order valence-electron chi connectivity index (χ2n) is 5.97. The molecular weight excluding hydrogens is 314 g/mol. The van der Waals surface area contributed by atoms with Crippen LogP contribution in [0, 0.1) is 5.41 Å². The molecule has 24 heavy (non-hydrogen) atoms. The molecule has 0 bridgehead atoms. The number of aromatic nitrogens is 2. The van der Waals surface area contributed by atoms with Gasteiger partial charge in [0.25, 0.3) is 0 Å². The molecule has 2 rings (SSSR count). The van der Waals surface area contributed by atoms with E-state index in [4.69, 9.17) is 20.3 Å². The van der Waals surface area contributed by atoms with Gasteiger partial charge >= 0.3 is 11.7 Å². The largest absolute Gasteiger partial charge is 0.462 e. The molecular formula is C16H27N3O5. The van der Waals surface area contributed by atoms with Gasteiger partial charge in [-0.3, -0.25) is 9.36 Å². The second-order valence-corrected chi connectivity index (χ2v) is 5.97. The average molecular weight is 341 g/mol. The fourth-order valence-electron chi connectivity index (χ4n) is 2.09. The molecule has 0 radical (unpaired) electrons. The third-order valence-corrected chi connectivity index (χ3v) is 3.60. The van der Waals surface area contributed by atoms with Crippen LogP contribution in [0.2, 0.25) is 0 Å². The summed E-state index contributed by atoms with van der Waals surface area (Å²) in [5, 5.41) is 9.11. The van der Waals surface area contributed by atoms with Crippen molar-refractivity contribution in [1.82, 2.24) is 9.55 Å². The highest BCUT2D eigenvalue weighted by Gasteiger charge is 2.32. The molecule has 0 aliphatic carbocycles. The summed E-state index contributed by atoms with van der Waals surface area (Å²) in [6.07, 6.45) is 2.10. The van der Waals surface area contributed by atoms with E-state index in [2.05, 4.69) is 4.98 Å². The van der Waals surface area contributed by atoms with Crippen LogP contribution in [0.5, 0.6) is 0 Å². The lowest BCUT2D eigenvalue weighted by molar-refractivity contribution is -0.160. The van der Waals surface area contributed by atoms with Crippen LogP contribution in [-0.4, -0.2) is 39.9 Å². The van der Waals surface area contributed by atoms with E-state index in [1.807, 2.05) is 13.8 Å². The number of nitrogens with two attached hydrogens (primary N) is 1. The monoisotopic (exact) mass is 341 g/mol. The Balaban J connectivity index is 0.00000139. The lowest BCUT2D eigenvalue weighted by Crippen LogP contribution is -2.33. The van der Waals surface area contributed by atoms with E-state index >= 15 is 0 Å². The number of rotatable bonds is 5. The van der Waals surface area contributed by atoms with Gasteiger partial charge in [-0.05, 0) is 32.8 Å². The topological polar surface area (TPSA) is 117 Å². The second kappa shape index (κ2) is 8.79. The van der Waals surface area contributed by atoms with Crippen molar-refractivity contribution >= 4 is 11.8 Å². The van der Waals surface area contributed by atoms with Crippen LogP contribution >= 0.6 is 0 Å². The van der Waals surface area contributed by atoms with Gasteiger partial charge in [-0.2, -0.15) is 4.98 Å². The van der Waals surface area contributed by atoms with Crippen LogP contribution in [0.4, 0.5) is 5.82 Å². The van der Waals surface area contributed by atoms with Crippen LogP contribution in [-0.2, 0) is 14.3 Å². The number of ether oxygens (including phenoxy) is 2. The first kappa shape index (κ1) is 20.1. The quantitative estimate of drug-likeness (QED) is 0.770. The fraction of sp³-hybridized carbons (Fsp3) is 0.688. The van der Waals surface area contributed by atoms with Gasteiger partial charge in [-0.25, -0.2) is 4.79 Å². The summed E-state index contributed by atoms with van der Waals surface area (Å²) in [6.45, 7) is 7.02. The third kappa shape index (κ3) is 5.04. The molecule has 1 saturated heterocycles. The van der Waals surface area contributed by atoms with Crippen molar-refractivity contribution in [2.45, 2.75) is 52.9 Å². The number of esters is 1. The number of nitrogen functional groups attached to an aromatic ring is 1. The Labute approximate surface area is 141 Å². The molecule has 1 aromatic rings. The van der Waals surface area contributed by atoms with E-state index < -0.39 is 23.3 Å². The van der Waals surface area contributed by atoms with Gasteiger partial charge in [0.2, 0.25) is 0 Å². The van der Waals surface area contributed by atoms with Gasteiger partial charge in [0, 0.05) is 6.20 Å². The van der Waals surface area contributed by atoms with Gasteiger partial charge in [-0.15, -0.1) is 0 Å². The molecule has 0 amide bonds. The average Bonchev–Trinajstić information content (AvgIpc) is 3.03. The predicted molar refractivity (Wildman–Crippen MR) is 89.2 cm³/mol. The highest BCUT2D eigenvalue weighted by Crippen LogP contribution is 2.27. The summed E-state index contributed by atoms with van der Waals surface area (Å²) in [4.78, 5) is 27.2. The number of anilines is 1. The van der Waals surface area contributed by atoms with Gasteiger partial charge in [-0.1, -0.05) is 13.8 Å². The molecule has 0 saturated carbocycles. The van der Waals surface area contributed by atoms with Gasteiger partial charge < -0.3 is 20.3 Å². The maximum Gasteiger partial charge on any atom is 0.351 e. The minimum Gasteiger partial charge on any atom is -0.462 e. The maximum atomic E-state index is 11.8. The molecule has 1 aliphatic rings. The summed E-state index contributed by atoms with van der Waals surface area (Å²) in [7, 11) is 0. The lowest BCUT2D eigenvalue weighted by atomic mass is 9.95. The first-order valence-electron chi connectivity index (χ1n) is 8.11. The molecule has 0 spiro atoms. The summed E-state index contributed by atoms with van der Waals surface area (Å²) >= 11 is 0. The zero-order valence-corrected chi connectivity index (χ0v) is 14.7. The van der Waals surface area contributed by atoms with Crippen LogP contribution in [0.1, 0.15) is 46.8 Å². The Morgan fingerprint density at radius 1 is 1.50 bits per heavy atom. The molecule has 0 aromatic carbocycles. The number of hydrogen-bond donors (Lipinski definition) is 2. The van der Waals surface area contributed by atoms with Crippen molar-refractivity contribution < 1.29 is 19.4 Å². The maximum absolute atomic E-state index is 11.8. The van der Waals surface area contributed by atoms with Crippen molar-refractivity contribution in [2.24, 2.45) is 5.41 Å². The first-order valence-corrected chi connectivity index (χ1v) is 8.11. The minimum atomic E-state index is -0.935. The zero-order chi connectivity index (χ0) is 18.3. The Hall–Kier alpha value is -1.93. The highest BCUT2D eigenvalue weighted by molar-refractivity contribution is 5.76. The van der Waals surface area contributed by atoms with E-state index in [1.54, 1.807) is 20.0 Å². The molecule has 1 aliphatic heterocycles. The van der Waals surface area contributed by atoms with Gasteiger partial charge in [0.05, 0.1) is 18.1 Å². The number of carbonyl (C=O) groups excluding carboxylic acids is 1. The van der Waals surface area contributed by atoms with Crippen molar-refractivity contribution in [3.8, 4) is 0 Å². The van der Waals surface area contributed by atoms with E-state index in [-0.39, 0.29) is 25.1 Å². The van der Waals surface area contributed by atoms with Crippen molar-refractivity contribution in [1.29, 1.82) is 0 Å². The minimum absolute atomic E-state index is 0.0932. The number of aliphatic hydroxyl groups is 1. The standard InChI is InChI=1S/C14H21N3O5.C2H6/c1-14(2,8-18)12(19)21-7-9-3-4-11(22-9)17-6-5-10(15)16-13(17)20;1-2/h5-6,9,11,18H,3-4,7-8H2,1-2H3,(H2,15,16,20);1-2H3. The van der Waals surface area contributed by atoms with Crippen molar-refractivity contribution in [3.63, 3.8) is 0 Å². The summed E-state index contributed by atoms with van der Waals surface area (Å²) < 4.78 is 12.2. The molecule has 2 atom stereocenters. The number of hydrogen-bond acceptors (Lipinski definition) is 7. The third-order valence-electron chi connectivity index (χ3n) is 3.60. The Morgan fingerprint density at radius 3 is 2.75 bits per heavy atom. The van der Waals surface area contributed by atoms with E-state index in [0.29, 0.717) is 12.8 Å². The van der Waals surface area contributed by atoms with Crippen LogP contribution < -0.4 is 11.4 Å². The van der Waals surface area contributed by atoms with Crippen LogP contribution in [0.15, 0.2) is 17.1 Å². The normalized spacial score (nSPS) is 20.2. The number of carbonyl (C=O) groups is 1. The van der Waals surface area contributed by atoms with Gasteiger partial charge in [0.1, 0.15) is 18.7 Å². The fourth-order valence-corrected chi connectivity index (χ4v) is 2.09. The summed E-state index contributed by atoms with van der Waals surface area (Å²) in [5.74, 6) is -0.315. The smallest absolute Gasteiger partial charge is 0.351 e. The lowest BCUT2D eigenvalue weighted by Gasteiger charge is -2.21. The predicted octanol–water partition coefficient (Wildman–Crippen LogP) is 1.09. The molecule has 1 aromatic heterocycles. The van der Waals surface area contributed by atoms with Crippen LogP contribution in [0.3, 0.4) is 0 Å². The van der Waals surface area contributed by atoms with E-state index in [1.165, 1.54) is 10.6 Å². The molecule has 1 fully saturated rings. The molecule has 8 heteroatoms. The Morgan fingerprint density at radius 2 is 2.17 bits per heavy atom. The first-order chi connectivity index (χ1) is 11.3. The van der Waals surface area contributed by atoms with E-state index in [9.17, 15) is 9.59 Å². The van der Waals surface area contributed by atoms with Crippen molar-refractivity contribution in [2.75, 3.05) is 18.9 Å². The summed E-state index contributed by atoms with van der Waals surface area (Å²) in [6, 6.07) is 1.53.